The van der Waals surface area contributed by atoms with Gasteiger partial charge in [0.15, 0.2) is 0 Å². The van der Waals surface area contributed by atoms with Gasteiger partial charge in [0.25, 0.3) is 0 Å². The van der Waals surface area contributed by atoms with Gasteiger partial charge in [-0.2, -0.15) is 0 Å². The lowest BCUT2D eigenvalue weighted by Crippen LogP contribution is -2.29. The Balaban J connectivity index is 2.44. The first-order valence-corrected chi connectivity index (χ1v) is 5.97. The summed E-state index contributed by atoms with van der Waals surface area (Å²) in [5.74, 6) is -1.25. The van der Waals surface area contributed by atoms with E-state index in [1.165, 1.54) is 13.2 Å². The van der Waals surface area contributed by atoms with Crippen LogP contribution in [0.25, 0.3) is 6.08 Å². The fraction of sp³-hybridized carbons (Fsp3) is 0.214. The molecule has 0 aromatic heterocycles. The average molecular weight is 275 g/mol. The number of hydrogen-bond acceptors (Lipinski definition) is 4. The maximum absolute atomic E-state index is 11.8. The van der Waals surface area contributed by atoms with Crippen LogP contribution in [0.5, 0.6) is 5.75 Å². The molecule has 1 aliphatic rings. The number of imide groups is 1. The molecule has 2 amide bonds. The summed E-state index contributed by atoms with van der Waals surface area (Å²) in [6.45, 7) is 0. The molecule has 6 nitrogen and oxygen atoms in total. The Hall–Kier alpha value is -2.63. The largest absolute Gasteiger partial charge is 0.495 e. The summed E-state index contributed by atoms with van der Waals surface area (Å²) in [7, 11) is 1.44. The first kappa shape index (κ1) is 13.8. The van der Waals surface area contributed by atoms with Gasteiger partial charge in [-0.3, -0.25) is 9.59 Å². The minimum atomic E-state index is -1.07. The molecule has 1 aliphatic heterocycles. The lowest BCUT2D eigenvalue weighted by molar-refractivity contribution is -0.131. The Morgan fingerprint density at radius 1 is 1.30 bits per heavy atom. The number of aliphatic carboxylic acids is 1. The van der Waals surface area contributed by atoms with Crippen molar-refractivity contribution in [3.05, 3.63) is 29.8 Å². The van der Waals surface area contributed by atoms with Crippen LogP contribution in [0.2, 0.25) is 0 Å². The van der Waals surface area contributed by atoms with Crippen LogP contribution in [0.4, 0.5) is 5.69 Å². The van der Waals surface area contributed by atoms with Crippen LogP contribution < -0.4 is 9.64 Å². The molecule has 1 heterocycles. The maximum Gasteiger partial charge on any atom is 0.328 e. The molecule has 20 heavy (non-hydrogen) atoms. The van der Waals surface area contributed by atoms with E-state index in [0.29, 0.717) is 17.0 Å². The van der Waals surface area contributed by atoms with E-state index in [0.717, 1.165) is 11.0 Å². The molecule has 0 radical (unpaired) electrons. The zero-order valence-corrected chi connectivity index (χ0v) is 10.8. The predicted octanol–water partition coefficient (Wildman–Crippen LogP) is 1.45. The number of carbonyl (C=O) groups is 3. The highest BCUT2D eigenvalue weighted by Gasteiger charge is 2.32. The van der Waals surface area contributed by atoms with Crippen molar-refractivity contribution in [2.45, 2.75) is 12.8 Å². The fourth-order valence-corrected chi connectivity index (χ4v) is 2.00. The molecule has 0 aliphatic carbocycles. The summed E-state index contributed by atoms with van der Waals surface area (Å²) < 4.78 is 5.15. The predicted molar refractivity (Wildman–Crippen MR) is 71.4 cm³/mol. The van der Waals surface area contributed by atoms with Crippen molar-refractivity contribution < 1.29 is 24.2 Å². The monoisotopic (exact) mass is 275 g/mol. The molecule has 1 fully saturated rings. The molecule has 0 unspecified atom stereocenters. The van der Waals surface area contributed by atoms with E-state index in [2.05, 4.69) is 0 Å². The number of benzene rings is 1. The first-order valence-electron chi connectivity index (χ1n) is 5.97. The van der Waals surface area contributed by atoms with Gasteiger partial charge in [0.1, 0.15) is 5.75 Å². The van der Waals surface area contributed by atoms with Crippen LogP contribution >= 0.6 is 0 Å². The van der Waals surface area contributed by atoms with E-state index in [4.69, 9.17) is 9.84 Å². The number of ether oxygens (including phenoxy) is 1. The van der Waals surface area contributed by atoms with Crippen molar-refractivity contribution in [1.29, 1.82) is 0 Å². The van der Waals surface area contributed by atoms with Gasteiger partial charge in [-0.05, 0) is 23.8 Å². The van der Waals surface area contributed by atoms with Crippen molar-refractivity contribution in [3.8, 4) is 5.75 Å². The summed E-state index contributed by atoms with van der Waals surface area (Å²) in [6, 6.07) is 4.79. The van der Waals surface area contributed by atoms with Gasteiger partial charge in [-0.15, -0.1) is 0 Å². The first-order chi connectivity index (χ1) is 9.52. The minimum absolute atomic E-state index is 0.178. The topological polar surface area (TPSA) is 83.9 Å². The second kappa shape index (κ2) is 5.56. The van der Waals surface area contributed by atoms with Gasteiger partial charge in [0.05, 0.1) is 12.8 Å². The van der Waals surface area contributed by atoms with E-state index >= 15 is 0 Å². The minimum Gasteiger partial charge on any atom is -0.495 e. The van der Waals surface area contributed by atoms with Crippen LogP contribution in [-0.4, -0.2) is 30.0 Å². The molecule has 2 rings (SSSR count). The molecule has 1 aromatic carbocycles. The van der Waals surface area contributed by atoms with E-state index < -0.39 is 5.97 Å². The van der Waals surface area contributed by atoms with E-state index in [9.17, 15) is 14.4 Å². The van der Waals surface area contributed by atoms with Crippen LogP contribution in [0.15, 0.2) is 24.3 Å². The summed E-state index contributed by atoms with van der Waals surface area (Å²) in [4.78, 5) is 35.1. The Morgan fingerprint density at radius 3 is 2.50 bits per heavy atom. The zero-order valence-electron chi connectivity index (χ0n) is 10.8. The number of carboxylic acid groups (broad SMARTS) is 1. The molecule has 0 atom stereocenters. The van der Waals surface area contributed by atoms with E-state index in [1.807, 2.05) is 0 Å². The van der Waals surface area contributed by atoms with E-state index in [1.54, 1.807) is 18.2 Å². The van der Waals surface area contributed by atoms with Crippen molar-refractivity contribution >= 4 is 29.5 Å². The number of methoxy groups -OCH3 is 1. The number of amides is 2. The molecular weight excluding hydrogens is 262 g/mol. The number of carbonyl (C=O) groups excluding carboxylic acids is 2. The molecule has 6 heteroatoms. The Morgan fingerprint density at radius 2 is 1.95 bits per heavy atom. The van der Waals surface area contributed by atoms with Gasteiger partial charge >= 0.3 is 5.97 Å². The normalized spacial score (nSPS) is 15.2. The zero-order chi connectivity index (χ0) is 14.7. The smallest absolute Gasteiger partial charge is 0.328 e. The van der Waals surface area contributed by atoms with Gasteiger partial charge in [0.2, 0.25) is 11.8 Å². The Kier molecular flexibility index (Phi) is 3.84. The van der Waals surface area contributed by atoms with Gasteiger partial charge in [-0.1, -0.05) is 6.07 Å². The summed E-state index contributed by atoms with van der Waals surface area (Å²) >= 11 is 0. The maximum atomic E-state index is 11.8. The molecule has 1 N–H and O–H groups in total. The van der Waals surface area contributed by atoms with E-state index in [-0.39, 0.29) is 24.7 Å². The Bertz CT molecular complexity index is 590. The number of rotatable bonds is 4. The summed E-state index contributed by atoms with van der Waals surface area (Å²) in [5.41, 5.74) is 0.906. The highest BCUT2D eigenvalue weighted by atomic mass is 16.5. The molecular formula is C14H13NO5. The third-order valence-electron chi connectivity index (χ3n) is 2.91. The van der Waals surface area contributed by atoms with Crippen molar-refractivity contribution in [1.82, 2.24) is 0 Å². The highest BCUT2D eigenvalue weighted by Crippen LogP contribution is 2.33. The number of nitrogens with zero attached hydrogens (tertiary/aromatic N) is 1. The lowest BCUT2D eigenvalue weighted by atomic mass is 10.1. The molecule has 1 saturated heterocycles. The second-order valence-electron chi connectivity index (χ2n) is 4.23. The summed E-state index contributed by atoms with van der Waals surface area (Å²) in [6.07, 6.45) is 2.73. The third-order valence-corrected chi connectivity index (χ3v) is 2.91. The second-order valence-corrected chi connectivity index (χ2v) is 4.23. The molecule has 0 saturated carbocycles. The van der Waals surface area contributed by atoms with Gasteiger partial charge < -0.3 is 9.84 Å². The summed E-state index contributed by atoms with van der Waals surface area (Å²) in [5, 5.41) is 8.61. The van der Waals surface area contributed by atoms with Gasteiger partial charge in [-0.25, -0.2) is 9.69 Å². The molecule has 1 aromatic rings. The fourth-order valence-electron chi connectivity index (χ4n) is 2.00. The third kappa shape index (κ3) is 2.69. The molecule has 0 bridgehead atoms. The molecule has 0 spiro atoms. The molecule has 104 valence electrons. The number of anilines is 1. The average Bonchev–Trinajstić information content (AvgIpc) is 2.75. The van der Waals surface area contributed by atoms with Gasteiger partial charge in [0, 0.05) is 18.9 Å². The van der Waals surface area contributed by atoms with Crippen molar-refractivity contribution in [3.63, 3.8) is 0 Å². The lowest BCUT2D eigenvalue weighted by Gasteiger charge is -2.17. The Labute approximate surface area is 115 Å². The van der Waals surface area contributed by atoms with Crippen LogP contribution in [-0.2, 0) is 14.4 Å². The number of carboxylic acids is 1. The standard InChI is InChI=1S/C14H13NO5/c1-20-11-4-2-9(3-7-14(18)19)8-10(11)15-12(16)5-6-13(15)17/h2-4,7-8H,5-6H2,1H3,(H,18,19). The van der Waals surface area contributed by atoms with Crippen molar-refractivity contribution in [2.75, 3.05) is 12.0 Å². The highest BCUT2D eigenvalue weighted by molar-refractivity contribution is 6.20. The van der Waals surface area contributed by atoms with Crippen molar-refractivity contribution in [2.24, 2.45) is 0 Å². The van der Waals surface area contributed by atoms with Crippen LogP contribution in [0.3, 0.4) is 0 Å². The van der Waals surface area contributed by atoms with Crippen LogP contribution in [0.1, 0.15) is 18.4 Å². The SMILES string of the molecule is COc1ccc(C=CC(=O)O)cc1N1C(=O)CCC1=O. The quantitative estimate of drug-likeness (QED) is 0.664. The number of hydrogen-bond donors (Lipinski definition) is 1. The van der Waals surface area contributed by atoms with Crippen LogP contribution in [0, 0.1) is 0 Å².